The van der Waals surface area contributed by atoms with Crippen molar-refractivity contribution < 1.29 is 5.11 Å². The van der Waals surface area contributed by atoms with Crippen LogP contribution >= 0.6 is 0 Å². The molecule has 1 aliphatic rings. The molecule has 76 valence electrons. The second-order valence-corrected chi connectivity index (χ2v) is 4.11. The first-order valence-electron chi connectivity index (χ1n) is 5.18. The van der Waals surface area contributed by atoms with Gasteiger partial charge in [-0.2, -0.15) is 0 Å². The summed E-state index contributed by atoms with van der Waals surface area (Å²) >= 11 is 0. The van der Waals surface area contributed by atoms with Crippen LogP contribution in [0.2, 0.25) is 0 Å². The number of anilines is 1. The lowest BCUT2D eigenvalue weighted by atomic mass is 9.97. The standard InChI is InChI=1S/C12H17NO/c1-9(8-14)11-5-3-4-10-6-7-13(2)12(10)11/h3-5,9,14H,6-8H2,1-2H3. The molecule has 1 heterocycles. The van der Waals surface area contributed by atoms with Crippen molar-refractivity contribution in [1.82, 2.24) is 0 Å². The van der Waals surface area contributed by atoms with Gasteiger partial charge in [-0.05, 0) is 17.5 Å². The van der Waals surface area contributed by atoms with Crippen molar-refractivity contribution in [3.05, 3.63) is 29.3 Å². The molecule has 1 aromatic carbocycles. The zero-order valence-electron chi connectivity index (χ0n) is 8.83. The quantitative estimate of drug-likeness (QED) is 0.770. The number of fused-ring (bicyclic) bond motifs is 1. The number of aliphatic hydroxyl groups is 1. The minimum absolute atomic E-state index is 0.226. The number of aliphatic hydroxyl groups excluding tert-OH is 1. The van der Waals surface area contributed by atoms with E-state index in [1.807, 2.05) is 0 Å². The lowest BCUT2D eigenvalue weighted by Crippen LogP contribution is -2.15. The van der Waals surface area contributed by atoms with Gasteiger partial charge in [0.2, 0.25) is 0 Å². The zero-order chi connectivity index (χ0) is 10.1. The van der Waals surface area contributed by atoms with Crippen LogP contribution in [0.5, 0.6) is 0 Å². The van der Waals surface area contributed by atoms with E-state index < -0.39 is 0 Å². The minimum Gasteiger partial charge on any atom is -0.396 e. The first-order chi connectivity index (χ1) is 6.74. The molecule has 2 heteroatoms. The predicted octanol–water partition coefficient (Wildman–Crippen LogP) is 1.77. The molecule has 0 bridgehead atoms. The second-order valence-electron chi connectivity index (χ2n) is 4.11. The molecule has 1 N–H and O–H groups in total. The normalized spacial score (nSPS) is 16.9. The predicted molar refractivity (Wildman–Crippen MR) is 58.9 cm³/mol. The number of hydrogen-bond acceptors (Lipinski definition) is 2. The van der Waals surface area contributed by atoms with E-state index in [0.29, 0.717) is 0 Å². The molecule has 14 heavy (non-hydrogen) atoms. The molecule has 0 aromatic heterocycles. The highest BCUT2D eigenvalue weighted by Crippen LogP contribution is 2.34. The monoisotopic (exact) mass is 191 g/mol. The van der Waals surface area contributed by atoms with Crippen LogP contribution in [0.3, 0.4) is 0 Å². The van der Waals surface area contributed by atoms with E-state index >= 15 is 0 Å². The molecule has 0 radical (unpaired) electrons. The highest BCUT2D eigenvalue weighted by Gasteiger charge is 2.21. The third-order valence-electron chi connectivity index (χ3n) is 3.05. The lowest BCUT2D eigenvalue weighted by molar-refractivity contribution is 0.273. The first kappa shape index (κ1) is 9.53. The summed E-state index contributed by atoms with van der Waals surface area (Å²) in [7, 11) is 2.12. The Morgan fingerprint density at radius 1 is 1.50 bits per heavy atom. The summed E-state index contributed by atoms with van der Waals surface area (Å²) in [5.41, 5.74) is 4.05. The summed E-state index contributed by atoms with van der Waals surface area (Å²) in [5, 5.41) is 9.19. The Kier molecular flexibility index (Phi) is 2.46. The van der Waals surface area contributed by atoms with Gasteiger partial charge in [-0.1, -0.05) is 25.1 Å². The van der Waals surface area contributed by atoms with Crippen molar-refractivity contribution in [2.75, 3.05) is 25.1 Å². The summed E-state index contributed by atoms with van der Waals surface area (Å²) in [5.74, 6) is 0.241. The van der Waals surface area contributed by atoms with E-state index in [2.05, 4.69) is 37.1 Å². The fourth-order valence-electron chi connectivity index (χ4n) is 2.17. The Hall–Kier alpha value is -1.02. The summed E-state index contributed by atoms with van der Waals surface area (Å²) < 4.78 is 0. The van der Waals surface area contributed by atoms with E-state index in [4.69, 9.17) is 0 Å². The maximum absolute atomic E-state index is 9.19. The number of rotatable bonds is 2. The van der Waals surface area contributed by atoms with Gasteiger partial charge in [0.25, 0.3) is 0 Å². The molecule has 0 amide bonds. The Labute approximate surface area is 85.2 Å². The van der Waals surface area contributed by atoms with Crippen LogP contribution < -0.4 is 4.90 Å². The van der Waals surface area contributed by atoms with E-state index in [-0.39, 0.29) is 12.5 Å². The summed E-state index contributed by atoms with van der Waals surface area (Å²) in [6.45, 7) is 3.40. The smallest absolute Gasteiger partial charge is 0.0497 e. The average molecular weight is 191 g/mol. The number of nitrogens with zero attached hydrogens (tertiary/aromatic N) is 1. The molecular weight excluding hydrogens is 174 g/mol. The molecule has 0 spiro atoms. The molecule has 2 nitrogen and oxygen atoms in total. The molecular formula is C12H17NO. The molecule has 2 rings (SSSR count). The van der Waals surface area contributed by atoms with Crippen LogP contribution in [-0.2, 0) is 6.42 Å². The molecule has 0 fully saturated rings. The van der Waals surface area contributed by atoms with Crippen LogP contribution in [0.25, 0.3) is 0 Å². The highest BCUT2D eigenvalue weighted by atomic mass is 16.3. The molecule has 0 saturated heterocycles. The molecule has 1 atom stereocenters. The van der Waals surface area contributed by atoms with Gasteiger partial charge >= 0.3 is 0 Å². The molecule has 1 unspecified atom stereocenters. The number of likely N-dealkylation sites (N-methyl/N-ethyl adjacent to an activating group) is 1. The molecule has 0 saturated carbocycles. The van der Waals surface area contributed by atoms with Crippen LogP contribution in [-0.4, -0.2) is 25.3 Å². The molecule has 1 aromatic rings. The van der Waals surface area contributed by atoms with E-state index in [1.165, 1.54) is 16.8 Å². The van der Waals surface area contributed by atoms with Gasteiger partial charge in [0.1, 0.15) is 0 Å². The summed E-state index contributed by atoms with van der Waals surface area (Å²) in [4.78, 5) is 2.29. The molecule has 0 aliphatic carbocycles. The van der Waals surface area contributed by atoms with Gasteiger partial charge in [0.15, 0.2) is 0 Å². The second kappa shape index (κ2) is 3.62. The van der Waals surface area contributed by atoms with Crippen molar-refractivity contribution in [3.63, 3.8) is 0 Å². The lowest BCUT2D eigenvalue weighted by Gasteiger charge is -2.19. The van der Waals surface area contributed by atoms with Crippen molar-refractivity contribution >= 4 is 5.69 Å². The van der Waals surface area contributed by atoms with Gasteiger partial charge in [-0.3, -0.25) is 0 Å². The van der Waals surface area contributed by atoms with Gasteiger partial charge in [-0.15, -0.1) is 0 Å². The van der Waals surface area contributed by atoms with Crippen LogP contribution in [0, 0.1) is 0 Å². The maximum atomic E-state index is 9.19. The summed E-state index contributed by atoms with van der Waals surface area (Å²) in [6.07, 6.45) is 1.14. The first-order valence-corrected chi connectivity index (χ1v) is 5.18. The third-order valence-corrected chi connectivity index (χ3v) is 3.05. The topological polar surface area (TPSA) is 23.5 Å². The number of para-hydroxylation sites is 1. The molecule has 1 aliphatic heterocycles. The van der Waals surface area contributed by atoms with Crippen molar-refractivity contribution in [3.8, 4) is 0 Å². The number of hydrogen-bond donors (Lipinski definition) is 1. The Morgan fingerprint density at radius 3 is 3.00 bits per heavy atom. The van der Waals surface area contributed by atoms with Crippen molar-refractivity contribution in [1.29, 1.82) is 0 Å². The Balaban J connectivity index is 2.46. The van der Waals surface area contributed by atoms with E-state index in [0.717, 1.165) is 13.0 Å². The van der Waals surface area contributed by atoms with Crippen molar-refractivity contribution in [2.24, 2.45) is 0 Å². The van der Waals surface area contributed by atoms with Crippen molar-refractivity contribution in [2.45, 2.75) is 19.3 Å². The fraction of sp³-hybridized carbons (Fsp3) is 0.500. The van der Waals surface area contributed by atoms with E-state index in [1.54, 1.807) is 0 Å². The average Bonchev–Trinajstić information content (AvgIpc) is 2.59. The van der Waals surface area contributed by atoms with Crippen LogP contribution in [0.15, 0.2) is 18.2 Å². The van der Waals surface area contributed by atoms with Gasteiger partial charge < -0.3 is 10.0 Å². The maximum Gasteiger partial charge on any atom is 0.0497 e. The number of benzene rings is 1. The van der Waals surface area contributed by atoms with Gasteiger partial charge in [0.05, 0.1) is 0 Å². The minimum atomic E-state index is 0.226. The van der Waals surface area contributed by atoms with E-state index in [9.17, 15) is 5.11 Å². The zero-order valence-corrected chi connectivity index (χ0v) is 8.83. The van der Waals surface area contributed by atoms with Gasteiger partial charge in [0, 0.05) is 31.8 Å². The van der Waals surface area contributed by atoms with Crippen LogP contribution in [0.4, 0.5) is 5.69 Å². The Bertz CT molecular complexity index is 335. The highest BCUT2D eigenvalue weighted by molar-refractivity contribution is 5.63. The Morgan fingerprint density at radius 2 is 2.29 bits per heavy atom. The third kappa shape index (κ3) is 1.40. The van der Waals surface area contributed by atoms with Crippen LogP contribution in [0.1, 0.15) is 24.0 Å². The SMILES string of the molecule is CC(CO)c1cccc2c1N(C)CC2. The fourth-order valence-corrected chi connectivity index (χ4v) is 2.17. The summed E-state index contributed by atoms with van der Waals surface area (Å²) in [6, 6.07) is 6.41. The largest absolute Gasteiger partial charge is 0.396 e. The van der Waals surface area contributed by atoms with Gasteiger partial charge in [-0.25, -0.2) is 0 Å².